The molecular weight excluding hydrogens is 361 g/mol. The number of carbonyl (C=O) groups excluding carboxylic acids is 2. The average Bonchev–Trinajstić information content (AvgIpc) is 3.17. The van der Waals surface area contributed by atoms with E-state index in [0.29, 0.717) is 12.1 Å². The Morgan fingerprint density at radius 3 is 2.71 bits per heavy atom. The van der Waals surface area contributed by atoms with E-state index in [-0.39, 0.29) is 29.5 Å². The van der Waals surface area contributed by atoms with Gasteiger partial charge < -0.3 is 15.2 Å². The number of hydrogen-bond acceptors (Lipinski definition) is 4. The first-order valence-electron chi connectivity index (χ1n) is 8.95. The number of carbonyl (C=O) groups is 2. The van der Waals surface area contributed by atoms with Crippen molar-refractivity contribution >= 4 is 17.5 Å². The summed E-state index contributed by atoms with van der Waals surface area (Å²) in [5, 5.41) is 9.26. The molecule has 0 aliphatic rings. The minimum absolute atomic E-state index is 0.0491. The maximum absolute atomic E-state index is 13.8. The minimum Gasteiger partial charge on any atom is -0.355 e. The number of anilines is 1. The molecule has 7 heteroatoms. The summed E-state index contributed by atoms with van der Waals surface area (Å²) in [7, 11) is 0. The number of nitrogens with zero attached hydrogens (tertiary/aromatic N) is 1. The second-order valence-electron chi connectivity index (χ2n) is 6.24. The Morgan fingerprint density at radius 1 is 1.11 bits per heavy atom. The molecule has 1 heterocycles. The van der Waals surface area contributed by atoms with E-state index < -0.39 is 11.7 Å². The van der Waals surface area contributed by atoms with Gasteiger partial charge in [-0.05, 0) is 36.2 Å². The normalized spacial score (nSPS) is 10.5. The zero-order chi connectivity index (χ0) is 19.9. The van der Waals surface area contributed by atoms with E-state index in [2.05, 4.69) is 15.8 Å². The van der Waals surface area contributed by atoms with Gasteiger partial charge in [0.1, 0.15) is 5.82 Å². The molecule has 0 saturated heterocycles. The molecule has 0 saturated carbocycles. The lowest BCUT2D eigenvalue weighted by atomic mass is 10.1. The Balaban J connectivity index is 1.62. The maximum Gasteiger partial charge on any atom is 0.273 e. The molecule has 3 rings (SSSR count). The Morgan fingerprint density at radius 2 is 1.93 bits per heavy atom. The first-order valence-corrected chi connectivity index (χ1v) is 8.95. The van der Waals surface area contributed by atoms with E-state index in [1.807, 2.05) is 13.0 Å². The molecule has 0 aliphatic heterocycles. The Labute approximate surface area is 161 Å². The lowest BCUT2D eigenvalue weighted by Crippen LogP contribution is -2.23. The highest BCUT2D eigenvalue weighted by molar-refractivity contribution is 5.93. The fourth-order valence-corrected chi connectivity index (χ4v) is 2.65. The van der Waals surface area contributed by atoms with Gasteiger partial charge in [0, 0.05) is 24.7 Å². The SMILES string of the molecule is CCCC(=O)Nc1cccc(CNC(=O)c2cc(-c3ccccc3F)on2)c1. The smallest absolute Gasteiger partial charge is 0.273 e. The molecule has 0 radical (unpaired) electrons. The van der Waals surface area contributed by atoms with Crippen LogP contribution in [0.5, 0.6) is 0 Å². The molecule has 144 valence electrons. The molecule has 0 fully saturated rings. The lowest BCUT2D eigenvalue weighted by molar-refractivity contribution is -0.116. The van der Waals surface area contributed by atoms with E-state index in [4.69, 9.17) is 4.52 Å². The molecule has 3 aromatic rings. The van der Waals surface area contributed by atoms with Crippen LogP contribution in [0.3, 0.4) is 0 Å². The summed E-state index contributed by atoms with van der Waals surface area (Å²) >= 11 is 0. The number of aromatic nitrogens is 1. The molecule has 0 unspecified atom stereocenters. The van der Waals surface area contributed by atoms with Gasteiger partial charge in [-0.15, -0.1) is 0 Å². The number of halogens is 1. The highest BCUT2D eigenvalue weighted by Crippen LogP contribution is 2.23. The van der Waals surface area contributed by atoms with Crippen LogP contribution in [-0.2, 0) is 11.3 Å². The predicted octanol–water partition coefficient (Wildman–Crippen LogP) is 4.15. The van der Waals surface area contributed by atoms with Crippen molar-refractivity contribution in [3.05, 3.63) is 71.7 Å². The van der Waals surface area contributed by atoms with E-state index >= 15 is 0 Å². The summed E-state index contributed by atoms with van der Waals surface area (Å²) in [5.41, 5.74) is 1.80. The van der Waals surface area contributed by atoms with Crippen molar-refractivity contribution in [1.29, 1.82) is 0 Å². The molecule has 1 aromatic heterocycles. The molecule has 0 spiro atoms. The summed E-state index contributed by atoms with van der Waals surface area (Å²) < 4.78 is 18.9. The van der Waals surface area contributed by atoms with Crippen molar-refractivity contribution < 1.29 is 18.5 Å². The highest BCUT2D eigenvalue weighted by atomic mass is 19.1. The van der Waals surface area contributed by atoms with Crippen molar-refractivity contribution in [3.8, 4) is 11.3 Å². The fraction of sp³-hybridized carbons (Fsp3) is 0.190. The number of nitrogens with one attached hydrogen (secondary N) is 2. The summed E-state index contributed by atoms with van der Waals surface area (Å²) in [6, 6.07) is 14.7. The van der Waals surface area contributed by atoms with Crippen LogP contribution < -0.4 is 10.6 Å². The van der Waals surface area contributed by atoms with Crippen molar-refractivity contribution in [2.24, 2.45) is 0 Å². The van der Waals surface area contributed by atoms with Crippen molar-refractivity contribution in [1.82, 2.24) is 10.5 Å². The van der Waals surface area contributed by atoms with Crippen molar-refractivity contribution in [3.63, 3.8) is 0 Å². The molecule has 0 atom stereocenters. The Kier molecular flexibility index (Phi) is 6.16. The quantitative estimate of drug-likeness (QED) is 0.644. The zero-order valence-corrected chi connectivity index (χ0v) is 15.4. The van der Waals surface area contributed by atoms with Gasteiger partial charge in [0.15, 0.2) is 11.5 Å². The first-order chi connectivity index (χ1) is 13.6. The fourth-order valence-electron chi connectivity index (χ4n) is 2.65. The minimum atomic E-state index is -0.451. The van der Waals surface area contributed by atoms with Gasteiger partial charge in [-0.25, -0.2) is 4.39 Å². The average molecular weight is 381 g/mol. The van der Waals surface area contributed by atoms with Crippen LogP contribution in [0.4, 0.5) is 10.1 Å². The second kappa shape index (κ2) is 8.94. The van der Waals surface area contributed by atoms with Crippen LogP contribution in [-0.4, -0.2) is 17.0 Å². The van der Waals surface area contributed by atoms with Crippen LogP contribution in [0, 0.1) is 5.82 Å². The van der Waals surface area contributed by atoms with Gasteiger partial charge in [0.05, 0.1) is 5.56 Å². The molecule has 2 amide bonds. The molecule has 28 heavy (non-hydrogen) atoms. The van der Waals surface area contributed by atoms with Gasteiger partial charge in [-0.3, -0.25) is 9.59 Å². The lowest BCUT2D eigenvalue weighted by Gasteiger charge is -2.07. The summed E-state index contributed by atoms with van der Waals surface area (Å²) in [5.74, 6) is -0.754. The van der Waals surface area contributed by atoms with Gasteiger partial charge in [-0.1, -0.05) is 36.3 Å². The standard InChI is InChI=1S/C21H20FN3O3/c1-2-6-20(26)24-15-8-5-7-14(11-15)13-23-21(27)18-12-19(28-25-18)16-9-3-4-10-17(16)22/h3-5,7-12H,2,6,13H2,1H3,(H,23,27)(H,24,26). The largest absolute Gasteiger partial charge is 0.355 e. The number of hydrogen-bond donors (Lipinski definition) is 2. The summed E-state index contributed by atoms with van der Waals surface area (Å²) in [6.45, 7) is 2.19. The molecule has 2 aromatic carbocycles. The van der Waals surface area contributed by atoms with Crippen molar-refractivity contribution in [2.45, 2.75) is 26.3 Å². The van der Waals surface area contributed by atoms with Crippen LogP contribution >= 0.6 is 0 Å². The van der Waals surface area contributed by atoms with Crippen LogP contribution in [0.1, 0.15) is 35.8 Å². The molecule has 0 bridgehead atoms. The second-order valence-corrected chi connectivity index (χ2v) is 6.24. The molecular formula is C21H20FN3O3. The third kappa shape index (κ3) is 4.82. The van der Waals surface area contributed by atoms with Gasteiger partial charge in [0.2, 0.25) is 5.91 Å². The maximum atomic E-state index is 13.8. The Hall–Kier alpha value is -3.48. The van der Waals surface area contributed by atoms with E-state index in [1.165, 1.54) is 12.1 Å². The van der Waals surface area contributed by atoms with Crippen LogP contribution in [0.25, 0.3) is 11.3 Å². The van der Waals surface area contributed by atoms with E-state index in [1.54, 1.807) is 36.4 Å². The zero-order valence-electron chi connectivity index (χ0n) is 15.4. The molecule has 2 N–H and O–H groups in total. The van der Waals surface area contributed by atoms with Gasteiger partial charge in [-0.2, -0.15) is 0 Å². The highest BCUT2D eigenvalue weighted by Gasteiger charge is 2.15. The van der Waals surface area contributed by atoms with E-state index in [0.717, 1.165) is 12.0 Å². The predicted molar refractivity (Wildman–Crippen MR) is 103 cm³/mol. The third-order valence-electron chi connectivity index (χ3n) is 4.02. The van der Waals surface area contributed by atoms with Crippen molar-refractivity contribution in [2.75, 3.05) is 5.32 Å². The molecule has 0 aliphatic carbocycles. The van der Waals surface area contributed by atoms with Gasteiger partial charge in [0.25, 0.3) is 5.91 Å². The van der Waals surface area contributed by atoms with E-state index in [9.17, 15) is 14.0 Å². The number of amides is 2. The number of benzene rings is 2. The third-order valence-corrected chi connectivity index (χ3v) is 4.02. The summed E-state index contributed by atoms with van der Waals surface area (Å²) in [6.07, 6.45) is 1.23. The number of rotatable bonds is 7. The summed E-state index contributed by atoms with van der Waals surface area (Å²) in [4.78, 5) is 24.0. The molecule has 6 nitrogen and oxygen atoms in total. The van der Waals surface area contributed by atoms with Gasteiger partial charge >= 0.3 is 0 Å². The first kappa shape index (κ1) is 19.3. The monoisotopic (exact) mass is 381 g/mol. The van der Waals surface area contributed by atoms with Crippen LogP contribution in [0.15, 0.2) is 59.1 Å². The Bertz CT molecular complexity index is 984. The topological polar surface area (TPSA) is 84.2 Å². The van der Waals surface area contributed by atoms with Crippen LogP contribution in [0.2, 0.25) is 0 Å².